The van der Waals surface area contributed by atoms with Crippen molar-refractivity contribution in [3.8, 4) is 0 Å². The van der Waals surface area contributed by atoms with E-state index in [1.165, 1.54) is 0 Å². The summed E-state index contributed by atoms with van der Waals surface area (Å²) in [4.78, 5) is 39.6. The maximum absolute atomic E-state index is 12.6. The predicted molar refractivity (Wildman–Crippen MR) is 88.5 cm³/mol. The summed E-state index contributed by atoms with van der Waals surface area (Å²) in [5, 5.41) is 8.75. The van der Waals surface area contributed by atoms with E-state index in [2.05, 4.69) is 15.6 Å². The second kappa shape index (κ2) is 8.47. The number of alkyl halides is 3. The number of carbonyl (C=O) groups is 3. The molecule has 11 heteroatoms. The van der Waals surface area contributed by atoms with Crippen molar-refractivity contribution in [2.24, 2.45) is 5.92 Å². The Kier molecular flexibility index (Phi) is 6.57. The molecule has 0 aliphatic carbocycles. The first-order valence-corrected chi connectivity index (χ1v) is 8.97. The molecule has 2 unspecified atom stereocenters. The summed E-state index contributed by atoms with van der Waals surface area (Å²) >= 11 is 1.08. The van der Waals surface area contributed by atoms with Crippen LogP contribution in [0.5, 0.6) is 0 Å². The summed E-state index contributed by atoms with van der Waals surface area (Å²) in [6, 6.07) is -1.92. The van der Waals surface area contributed by atoms with Crippen molar-refractivity contribution in [2.45, 2.75) is 44.8 Å². The highest BCUT2D eigenvalue weighted by atomic mass is 32.1. The fraction of sp³-hybridized carbons (Fsp3) is 0.600. The Bertz CT molecular complexity index is 677. The van der Waals surface area contributed by atoms with Crippen molar-refractivity contribution in [1.29, 1.82) is 0 Å². The quantitative estimate of drug-likeness (QED) is 0.641. The Hall–Kier alpha value is -2.17. The molecule has 1 aliphatic rings. The molecule has 7 nitrogen and oxygen atoms in total. The predicted octanol–water partition coefficient (Wildman–Crippen LogP) is 1.61. The second-order valence-corrected chi connectivity index (χ2v) is 6.75. The van der Waals surface area contributed by atoms with Crippen molar-refractivity contribution in [1.82, 2.24) is 15.6 Å². The lowest BCUT2D eigenvalue weighted by Gasteiger charge is -2.29. The van der Waals surface area contributed by atoms with Gasteiger partial charge in [-0.05, 0) is 19.3 Å². The molecule has 26 heavy (non-hydrogen) atoms. The topological polar surface area (TPSA) is 100 Å². The summed E-state index contributed by atoms with van der Waals surface area (Å²) in [7, 11) is 0. The maximum Gasteiger partial charge on any atom is 0.408 e. The van der Waals surface area contributed by atoms with Crippen molar-refractivity contribution in [2.75, 3.05) is 11.9 Å². The number of thiazole rings is 1. The molecule has 3 N–H and O–H groups in total. The second-order valence-electron chi connectivity index (χ2n) is 5.89. The third-order valence-corrected chi connectivity index (χ3v) is 4.59. The first-order chi connectivity index (χ1) is 12.2. The van der Waals surface area contributed by atoms with Gasteiger partial charge in [-0.15, -0.1) is 11.3 Å². The Morgan fingerprint density at radius 1 is 1.38 bits per heavy atom. The summed E-state index contributed by atoms with van der Waals surface area (Å²) in [5.41, 5.74) is 0.462. The van der Waals surface area contributed by atoms with Crippen LogP contribution in [0.3, 0.4) is 0 Å². The highest BCUT2D eigenvalue weighted by Gasteiger charge is 2.45. The molecule has 1 aliphatic heterocycles. The summed E-state index contributed by atoms with van der Waals surface area (Å²) < 4.78 is 37.9. The standard InChI is InChI=1S/C15H19F3N4O3S/c1-2-5-19-11(23)6-8-7-26-14(20-8)22-13(25)9-3-4-10(15(16,17)18)21-12(9)24/h7,9-10H,2-6H2,1H3,(H,19,23)(H,21,24)(H,20,22,25). The fourth-order valence-electron chi connectivity index (χ4n) is 2.43. The van der Waals surface area contributed by atoms with Gasteiger partial charge in [-0.25, -0.2) is 4.98 Å². The van der Waals surface area contributed by atoms with E-state index in [1.807, 2.05) is 12.2 Å². The molecule has 1 aromatic heterocycles. The van der Waals surface area contributed by atoms with E-state index >= 15 is 0 Å². The molecular weight excluding hydrogens is 373 g/mol. The molecule has 2 atom stereocenters. The van der Waals surface area contributed by atoms with Crippen LogP contribution in [0.15, 0.2) is 5.38 Å². The van der Waals surface area contributed by atoms with Gasteiger partial charge in [0.2, 0.25) is 17.7 Å². The number of aromatic nitrogens is 1. The molecule has 1 aromatic rings. The van der Waals surface area contributed by atoms with Gasteiger partial charge in [-0.3, -0.25) is 14.4 Å². The molecule has 0 aromatic carbocycles. The molecule has 0 bridgehead atoms. The van der Waals surface area contributed by atoms with E-state index in [1.54, 1.807) is 5.38 Å². The molecular formula is C15H19F3N4O3S. The fourth-order valence-corrected chi connectivity index (χ4v) is 3.15. The van der Waals surface area contributed by atoms with E-state index in [4.69, 9.17) is 0 Å². The van der Waals surface area contributed by atoms with E-state index in [0.29, 0.717) is 12.2 Å². The molecule has 2 heterocycles. The molecule has 1 saturated heterocycles. The largest absolute Gasteiger partial charge is 0.408 e. The molecule has 1 fully saturated rings. The van der Waals surface area contributed by atoms with E-state index in [9.17, 15) is 27.6 Å². The first-order valence-electron chi connectivity index (χ1n) is 8.09. The van der Waals surface area contributed by atoms with Crippen LogP contribution >= 0.6 is 11.3 Å². The summed E-state index contributed by atoms with van der Waals surface area (Å²) in [5.74, 6) is -3.06. The van der Waals surface area contributed by atoms with Gasteiger partial charge in [0, 0.05) is 11.9 Å². The van der Waals surface area contributed by atoms with E-state index in [0.717, 1.165) is 17.8 Å². The van der Waals surface area contributed by atoms with Crippen molar-refractivity contribution >= 4 is 34.2 Å². The number of anilines is 1. The lowest BCUT2D eigenvalue weighted by Crippen LogP contribution is -2.53. The van der Waals surface area contributed by atoms with Gasteiger partial charge < -0.3 is 16.0 Å². The smallest absolute Gasteiger partial charge is 0.356 e. The van der Waals surface area contributed by atoms with Gasteiger partial charge in [-0.2, -0.15) is 13.2 Å². The van der Waals surface area contributed by atoms with Gasteiger partial charge in [0.25, 0.3) is 0 Å². The number of hydrogen-bond donors (Lipinski definition) is 3. The number of piperidine rings is 1. The van der Waals surface area contributed by atoms with Crippen LogP contribution < -0.4 is 16.0 Å². The average molecular weight is 392 g/mol. The van der Waals surface area contributed by atoms with Crippen LogP contribution in [0.25, 0.3) is 0 Å². The van der Waals surface area contributed by atoms with E-state index in [-0.39, 0.29) is 30.3 Å². The SMILES string of the molecule is CCCNC(=O)Cc1csc(NC(=O)C2CCC(C(F)(F)F)NC2=O)n1. The van der Waals surface area contributed by atoms with Gasteiger partial charge in [0.05, 0.1) is 12.1 Å². The van der Waals surface area contributed by atoms with Crippen LogP contribution in [0.1, 0.15) is 31.9 Å². The lowest BCUT2D eigenvalue weighted by atomic mass is 9.93. The monoisotopic (exact) mass is 392 g/mol. The number of nitrogens with one attached hydrogen (secondary N) is 3. The van der Waals surface area contributed by atoms with Crippen molar-refractivity contribution in [3.63, 3.8) is 0 Å². The van der Waals surface area contributed by atoms with Crippen LogP contribution in [0.4, 0.5) is 18.3 Å². The summed E-state index contributed by atoms with van der Waals surface area (Å²) in [6.07, 6.45) is -4.21. The highest BCUT2D eigenvalue weighted by Crippen LogP contribution is 2.29. The number of rotatable bonds is 6. The number of amides is 3. The Morgan fingerprint density at radius 3 is 2.73 bits per heavy atom. The molecule has 144 valence electrons. The third kappa shape index (κ3) is 5.41. The zero-order valence-electron chi connectivity index (χ0n) is 14.0. The Morgan fingerprint density at radius 2 is 2.12 bits per heavy atom. The Labute approximate surface area is 151 Å². The highest BCUT2D eigenvalue weighted by molar-refractivity contribution is 7.13. The van der Waals surface area contributed by atoms with Crippen LogP contribution in [-0.4, -0.2) is 41.5 Å². The molecule has 0 saturated carbocycles. The minimum absolute atomic E-state index is 0.0591. The Balaban J connectivity index is 1.88. The molecule has 3 amide bonds. The van der Waals surface area contributed by atoms with Crippen LogP contribution in [0, 0.1) is 5.92 Å². The van der Waals surface area contributed by atoms with Crippen molar-refractivity contribution in [3.05, 3.63) is 11.1 Å². The van der Waals surface area contributed by atoms with E-state index < -0.39 is 30.0 Å². The first kappa shape index (κ1) is 20.1. The zero-order chi connectivity index (χ0) is 19.3. The normalized spacial score (nSPS) is 20.4. The number of halogens is 3. The van der Waals surface area contributed by atoms with Crippen molar-refractivity contribution < 1.29 is 27.6 Å². The van der Waals surface area contributed by atoms with Crippen LogP contribution in [-0.2, 0) is 20.8 Å². The zero-order valence-corrected chi connectivity index (χ0v) is 14.8. The number of nitrogens with zero attached hydrogens (tertiary/aromatic N) is 1. The third-order valence-electron chi connectivity index (χ3n) is 3.78. The number of hydrogen-bond acceptors (Lipinski definition) is 5. The molecule has 0 spiro atoms. The van der Waals surface area contributed by atoms with Gasteiger partial charge in [-0.1, -0.05) is 6.92 Å². The van der Waals surface area contributed by atoms with Gasteiger partial charge in [0.1, 0.15) is 12.0 Å². The average Bonchev–Trinajstić information content (AvgIpc) is 2.98. The minimum atomic E-state index is -4.53. The minimum Gasteiger partial charge on any atom is -0.356 e. The molecule has 0 radical (unpaired) electrons. The molecule has 2 rings (SSSR count). The maximum atomic E-state index is 12.6. The summed E-state index contributed by atoms with van der Waals surface area (Å²) in [6.45, 7) is 2.48. The lowest BCUT2D eigenvalue weighted by molar-refractivity contribution is -0.170. The van der Waals surface area contributed by atoms with Crippen LogP contribution in [0.2, 0.25) is 0 Å². The van der Waals surface area contributed by atoms with Gasteiger partial charge >= 0.3 is 6.18 Å². The van der Waals surface area contributed by atoms with Gasteiger partial charge in [0.15, 0.2) is 5.13 Å². The number of carbonyl (C=O) groups excluding carboxylic acids is 3.